The molecule has 140 valence electrons. The zero-order valence-electron chi connectivity index (χ0n) is 16.6. The molecule has 0 radical (unpaired) electrons. The molecule has 4 aromatic carbocycles. The average Bonchev–Trinajstić information content (AvgIpc) is 3.16. The molecule has 2 aliphatic rings. The normalized spacial score (nSPS) is 16.7. The van der Waals surface area contributed by atoms with Gasteiger partial charge in [-0.15, -0.1) is 0 Å². The van der Waals surface area contributed by atoms with Gasteiger partial charge in [0, 0.05) is 16.5 Å². The summed E-state index contributed by atoms with van der Waals surface area (Å²) < 4.78 is 0. The Morgan fingerprint density at radius 1 is 0.517 bits per heavy atom. The minimum absolute atomic E-state index is 0.0874. The minimum Gasteiger partial charge on any atom is -0.376 e. The van der Waals surface area contributed by atoms with Crippen molar-refractivity contribution >= 4 is 0 Å². The zero-order chi connectivity index (χ0) is 19.8. The van der Waals surface area contributed by atoms with Crippen molar-refractivity contribution in [2.75, 3.05) is 0 Å². The molecule has 0 aromatic heterocycles. The molecule has 0 spiro atoms. The topological polar surface area (TPSA) is 20.2 Å². The fourth-order valence-corrected chi connectivity index (χ4v) is 5.45. The van der Waals surface area contributed by atoms with Crippen molar-refractivity contribution < 1.29 is 5.11 Å². The van der Waals surface area contributed by atoms with Crippen LogP contribution in [-0.4, -0.2) is 5.11 Å². The predicted molar refractivity (Wildman–Crippen MR) is 118 cm³/mol. The fraction of sp³-hybridized carbons (Fsp3) is 0.143. The molecule has 0 atom stereocenters. The highest BCUT2D eigenvalue weighted by Crippen LogP contribution is 2.54. The molecule has 1 heteroatoms. The first-order valence-electron chi connectivity index (χ1n) is 10.2. The van der Waals surface area contributed by atoms with Gasteiger partial charge in [-0.05, 0) is 38.9 Å². The lowest BCUT2D eigenvalue weighted by Gasteiger charge is -2.29. The summed E-state index contributed by atoms with van der Waals surface area (Å²) >= 11 is 0. The van der Waals surface area contributed by atoms with E-state index < -0.39 is 5.60 Å². The van der Waals surface area contributed by atoms with Gasteiger partial charge in [0.2, 0.25) is 0 Å². The Bertz CT molecular complexity index is 1250. The van der Waals surface area contributed by atoms with Gasteiger partial charge in [-0.1, -0.05) is 105 Å². The number of rotatable bonds is 1. The van der Waals surface area contributed by atoms with Crippen LogP contribution in [0.1, 0.15) is 41.7 Å². The maximum Gasteiger partial charge on any atom is 0.141 e. The Hall–Kier alpha value is -3.16. The van der Waals surface area contributed by atoms with Gasteiger partial charge in [-0.2, -0.15) is 0 Å². The molecule has 29 heavy (non-hydrogen) atoms. The number of hydrogen-bond acceptors (Lipinski definition) is 1. The van der Waals surface area contributed by atoms with Crippen molar-refractivity contribution in [3.8, 4) is 22.3 Å². The third-order valence-electron chi connectivity index (χ3n) is 6.93. The highest BCUT2D eigenvalue weighted by atomic mass is 16.3. The van der Waals surface area contributed by atoms with E-state index >= 15 is 0 Å². The van der Waals surface area contributed by atoms with Crippen molar-refractivity contribution in [2.24, 2.45) is 0 Å². The summed E-state index contributed by atoms with van der Waals surface area (Å²) in [5.74, 6) is 0. The largest absolute Gasteiger partial charge is 0.376 e. The molecule has 1 nitrogen and oxygen atoms in total. The molecule has 0 bridgehead atoms. The smallest absolute Gasteiger partial charge is 0.141 e. The summed E-state index contributed by atoms with van der Waals surface area (Å²) in [5.41, 5.74) is 9.11. The van der Waals surface area contributed by atoms with Crippen molar-refractivity contribution in [3.63, 3.8) is 0 Å². The fourth-order valence-electron chi connectivity index (χ4n) is 5.45. The summed E-state index contributed by atoms with van der Waals surface area (Å²) in [4.78, 5) is 0. The third kappa shape index (κ3) is 1.98. The Morgan fingerprint density at radius 2 is 0.966 bits per heavy atom. The van der Waals surface area contributed by atoms with Gasteiger partial charge in [-0.3, -0.25) is 0 Å². The minimum atomic E-state index is -1.13. The lowest BCUT2D eigenvalue weighted by Crippen LogP contribution is -2.27. The van der Waals surface area contributed by atoms with E-state index in [9.17, 15) is 5.11 Å². The van der Waals surface area contributed by atoms with Crippen LogP contribution in [0.25, 0.3) is 22.3 Å². The van der Waals surface area contributed by atoms with Crippen molar-refractivity contribution in [2.45, 2.75) is 24.9 Å². The second-order valence-electron chi connectivity index (χ2n) is 8.73. The lowest BCUT2D eigenvalue weighted by atomic mass is 9.78. The van der Waals surface area contributed by atoms with Gasteiger partial charge in [-0.25, -0.2) is 0 Å². The predicted octanol–water partition coefficient (Wildman–Crippen LogP) is 6.26. The van der Waals surface area contributed by atoms with E-state index in [1.54, 1.807) is 0 Å². The summed E-state index contributed by atoms with van der Waals surface area (Å²) in [7, 11) is 0. The standard InChI is InChI=1S/C28H22O/c1-27(2)23-12-6-3-9-19(23)22-16-15-18(17-26(22)27)28(29)24-13-7-4-10-20(24)21-11-5-8-14-25(21)28/h3-17,29H,1-2H3. The molecule has 0 heterocycles. The maximum absolute atomic E-state index is 12.2. The van der Waals surface area contributed by atoms with Crippen LogP contribution in [0, 0.1) is 0 Å². The Morgan fingerprint density at radius 3 is 1.55 bits per heavy atom. The Labute approximate surface area is 171 Å². The zero-order valence-corrected chi connectivity index (χ0v) is 16.6. The van der Waals surface area contributed by atoms with Crippen molar-refractivity contribution in [3.05, 3.63) is 119 Å². The van der Waals surface area contributed by atoms with Crippen LogP contribution in [0.2, 0.25) is 0 Å². The van der Waals surface area contributed by atoms with Crippen molar-refractivity contribution in [1.82, 2.24) is 0 Å². The highest BCUT2D eigenvalue weighted by molar-refractivity contribution is 5.84. The van der Waals surface area contributed by atoms with Gasteiger partial charge < -0.3 is 5.11 Å². The van der Waals surface area contributed by atoms with E-state index in [0.717, 1.165) is 27.8 Å². The first-order valence-corrected chi connectivity index (χ1v) is 10.2. The quantitative estimate of drug-likeness (QED) is 0.417. The molecule has 0 unspecified atom stereocenters. The summed E-state index contributed by atoms with van der Waals surface area (Å²) in [5, 5.41) is 12.2. The molecule has 1 N–H and O–H groups in total. The first kappa shape index (κ1) is 16.8. The van der Waals surface area contributed by atoms with Crippen LogP contribution in [0.15, 0.2) is 91.0 Å². The molecule has 0 aliphatic heterocycles. The van der Waals surface area contributed by atoms with Crippen LogP contribution < -0.4 is 0 Å². The molecular weight excluding hydrogens is 352 g/mol. The summed E-state index contributed by atoms with van der Waals surface area (Å²) in [6.07, 6.45) is 0. The van der Waals surface area contributed by atoms with Crippen molar-refractivity contribution in [1.29, 1.82) is 0 Å². The van der Waals surface area contributed by atoms with Gasteiger partial charge in [0.05, 0.1) is 0 Å². The molecule has 0 fully saturated rings. The van der Waals surface area contributed by atoms with E-state index in [1.165, 1.54) is 22.3 Å². The Kier molecular flexibility index (Phi) is 3.16. The SMILES string of the molecule is CC1(C)c2ccccc2-c2ccc(C3(O)c4ccccc4-c4ccccc43)cc21. The van der Waals surface area contributed by atoms with E-state index in [-0.39, 0.29) is 5.41 Å². The van der Waals surface area contributed by atoms with E-state index in [2.05, 4.69) is 80.6 Å². The number of fused-ring (bicyclic) bond motifs is 6. The molecular formula is C28H22O. The van der Waals surface area contributed by atoms with Crippen LogP contribution >= 0.6 is 0 Å². The van der Waals surface area contributed by atoms with Gasteiger partial charge in [0.25, 0.3) is 0 Å². The molecule has 2 aliphatic carbocycles. The van der Waals surface area contributed by atoms with Crippen LogP contribution in [-0.2, 0) is 11.0 Å². The summed E-state index contributed by atoms with van der Waals surface area (Å²) in [6.45, 7) is 4.56. The number of benzene rings is 4. The number of hydrogen-bond donors (Lipinski definition) is 1. The van der Waals surface area contributed by atoms with Gasteiger partial charge in [0.1, 0.15) is 5.60 Å². The van der Waals surface area contributed by atoms with E-state index in [1.807, 2.05) is 24.3 Å². The Balaban J connectivity index is 1.63. The van der Waals surface area contributed by atoms with Gasteiger partial charge in [0.15, 0.2) is 0 Å². The van der Waals surface area contributed by atoms with E-state index in [4.69, 9.17) is 0 Å². The van der Waals surface area contributed by atoms with Crippen LogP contribution in [0.5, 0.6) is 0 Å². The summed E-state index contributed by atoms with van der Waals surface area (Å²) in [6, 6.07) is 31.6. The average molecular weight is 374 g/mol. The first-order chi connectivity index (χ1) is 14.0. The second kappa shape index (κ2) is 5.46. The molecule has 0 saturated carbocycles. The molecule has 4 aromatic rings. The van der Waals surface area contributed by atoms with Crippen LogP contribution in [0.3, 0.4) is 0 Å². The third-order valence-corrected chi connectivity index (χ3v) is 6.93. The number of aliphatic hydroxyl groups is 1. The van der Waals surface area contributed by atoms with Crippen LogP contribution in [0.4, 0.5) is 0 Å². The van der Waals surface area contributed by atoms with Gasteiger partial charge >= 0.3 is 0 Å². The maximum atomic E-state index is 12.2. The molecule has 6 rings (SSSR count). The monoisotopic (exact) mass is 374 g/mol. The van der Waals surface area contributed by atoms with E-state index in [0.29, 0.717) is 0 Å². The molecule has 0 amide bonds. The highest BCUT2D eigenvalue weighted by Gasteiger charge is 2.44. The molecule has 0 saturated heterocycles. The lowest BCUT2D eigenvalue weighted by molar-refractivity contribution is 0.130. The second-order valence-corrected chi connectivity index (χ2v) is 8.73.